The molecule has 1 unspecified atom stereocenters. The quantitative estimate of drug-likeness (QED) is 0.163. The second kappa shape index (κ2) is 18.4. The number of ether oxygens (including phenoxy) is 1. The fourth-order valence-corrected chi connectivity index (χ4v) is 4.17. The Bertz CT molecular complexity index is 665. The van der Waals surface area contributed by atoms with E-state index >= 15 is 0 Å². The van der Waals surface area contributed by atoms with Crippen LogP contribution in [0.2, 0.25) is 0 Å². The molecule has 0 bridgehead atoms. The number of rotatable bonds is 19. The Balaban J connectivity index is 2.27. The van der Waals surface area contributed by atoms with Crippen molar-refractivity contribution < 1.29 is 29.1 Å². The highest BCUT2D eigenvalue weighted by Crippen LogP contribution is 2.13. The first-order chi connectivity index (χ1) is 16.0. The van der Waals surface area contributed by atoms with Crippen molar-refractivity contribution in [3.05, 3.63) is 0 Å². The molecular weight excluding hydrogens is 420 g/mol. The number of amidine groups is 1. The summed E-state index contributed by atoms with van der Waals surface area (Å²) < 4.78 is 7.18. The Labute approximate surface area is 200 Å². The summed E-state index contributed by atoms with van der Waals surface area (Å²) in [6, 6.07) is 0. The van der Waals surface area contributed by atoms with Crippen LogP contribution < -0.4 is 0 Å². The third-order valence-electron chi connectivity index (χ3n) is 6.05. The largest absolute Gasteiger partial charge is 0.480 e. The van der Waals surface area contributed by atoms with Crippen LogP contribution in [0.15, 0.2) is 0 Å². The van der Waals surface area contributed by atoms with Gasteiger partial charge in [-0.15, -0.1) is 5.92 Å². The minimum absolute atomic E-state index is 0.0854. The number of hydrogen-bond donors (Lipinski definition) is 2. The van der Waals surface area contributed by atoms with E-state index in [1.807, 2.05) is 4.90 Å². The highest BCUT2D eigenvalue weighted by molar-refractivity contribution is 5.82. The minimum atomic E-state index is -1.02. The molecule has 1 aliphatic heterocycles. The van der Waals surface area contributed by atoms with Crippen molar-refractivity contribution >= 4 is 17.8 Å². The van der Waals surface area contributed by atoms with Crippen LogP contribution in [-0.4, -0.2) is 69.9 Å². The van der Waals surface area contributed by atoms with Crippen molar-refractivity contribution in [2.45, 2.75) is 110 Å². The maximum atomic E-state index is 11.2. The number of aliphatic carboxylic acids is 2. The lowest BCUT2D eigenvalue weighted by atomic mass is 10.0. The van der Waals surface area contributed by atoms with E-state index in [1.54, 1.807) is 11.5 Å². The highest BCUT2D eigenvalue weighted by Gasteiger charge is 2.35. The molecule has 1 rings (SSSR count). The molecule has 1 aliphatic rings. The summed E-state index contributed by atoms with van der Waals surface area (Å²) in [6.45, 7) is 4.75. The number of carboxylic acids is 2. The van der Waals surface area contributed by atoms with Crippen LogP contribution in [0.3, 0.4) is 0 Å². The van der Waals surface area contributed by atoms with Crippen LogP contribution in [0.5, 0.6) is 0 Å². The zero-order valence-electron chi connectivity index (χ0n) is 20.8. The van der Waals surface area contributed by atoms with Crippen LogP contribution >= 0.6 is 0 Å². The van der Waals surface area contributed by atoms with Crippen molar-refractivity contribution in [2.24, 2.45) is 0 Å². The third-order valence-corrected chi connectivity index (χ3v) is 6.05. The molecule has 0 aromatic rings. The summed E-state index contributed by atoms with van der Waals surface area (Å²) in [5.74, 6) is 5.30. The molecule has 7 heteroatoms. The van der Waals surface area contributed by atoms with Gasteiger partial charge in [-0.05, 0) is 6.42 Å². The van der Waals surface area contributed by atoms with Gasteiger partial charge in [-0.2, -0.15) is 0 Å². The predicted octanol–water partition coefficient (Wildman–Crippen LogP) is 4.73. The molecule has 0 aromatic heterocycles. The topological polar surface area (TPSA) is 90.1 Å². The molecule has 0 saturated heterocycles. The van der Waals surface area contributed by atoms with Gasteiger partial charge in [-0.3, -0.25) is 0 Å². The molecule has 2 N–H and O–H groups in total. The fourth-order valence-electron chi connectivity index (χ4n) is 4.17. The molecular formula is C26H45N2O5+. The molecule has 0 amide bonds. The van der Waals surface area contributed by atoms with E-state index in [0.29, 0.717) is 19.5 Å². The lowest BCUT2D eigenvalue weighted by Crippen LogP contribution is -2.40. The van der Waals surface area contributed by atoms with E-state index < -0.39 is 18.2 Å². The first-order valence-corrected chi connectivity index (χ1v) is 12.8. The summed E-state index contributed by atoms with van der Waals surface area (Å²) in [7, 11) is 0. The van der Waals surface area contributed by atoms with Crippen LogP contribution in [0, 0.1) is 11.8 Å². The van der Waals surface area contributed by atoms with Crippen molar-refractivity contribution in [1.82, 2.24) is 4.90 Å². The molecule has 0 spiro atoms. The molecule has 0 radical (unpaired) electrons. The lowest BCUT2D eigenvalue weighted by molar-refractivity contribution is -0.509. The summed E-state index contributed by atoms with van der Waals surface area (Å²) in [5.41, 5.74) is 0. The van der Waals surface area contributed by atoms with Gasteiger partial charge in [-0.25, -0.2) is 19.1 Å². The van der Waals surface area contributed by atoms with Crippen LogP contribution in [0.25, 0.3) is 0 Å². The molecule has 188 valence electrons. The zero-order valence-corrected chi connectivity index (χ0v) is 20.8. The number of carboxylic acid groups (broad SMARTS) is 2. The summed E-state index contributed by atoms with van der Waals surface area (Å²) in [5, 5.41) is 18.0. The van der Waals surface area contributed by atoms with E-state index in [2.05, 4.69) is 18.8 Å². The van der Waals surface area contributed by atoms with Crippen LogP contribution in [-0.2, 0) is 14.3 Å². The van der Waals surface area contributed by atoms with Gasteiger partial charge >= 0.3 is 11.9 Å². The van der Waals surface area contributed by atoms with Gasteiger partial charge in [0.25, 0.3) is 5.84 Å². The first kappa shape index (κ1) is 29.0. The molecule has 1 atom stereocenters. The monoisotopic (exact) mass is 465 g/mol. The molecule has 0 saturated carbocycles. The summed E-state index contributed by atoms with van der Waals surface area (Å²) in [6.07, 6.45) is 16.7. The highest BCUT2D eigenvalue weighted by atomic mass is 16.5. The number of carbonyl (C=O) groups is 2. The Morgan fingerprint density at radius 3 is 2.06 bits per heavy atom. The number of nitrogens with zero attached hydrogens (tertiary/aromatic N) is 2. The Morgan fingerprint density at radius 2 is 1.52 bits per heavy atom. The molecule has 0 aliphatic carbocycles. The Hall–Kier alpha value is -2.07. The second-order valence-corrected chi connectivity index (χ2v) is 8.90. The van der Waals surface area contributed by atoms with E-state index in [9.17, 15) is 14.7 Å². The average Bonchev–Trinajstić information content (AvgIpc) is 3.16. The van der Waals surface area contributed by atoms with E-state index in [4.69, 9.17) is 9.84 Å². The average molecular weight is 466 g/mol. The normalized spacial score (nSPS) is 14.3. The molecule has 1 heterocycles. The Kier molecular flexibility index (Phi) is 16.1. The second-order valence-electron chi connectivity index (χ2n) is 8.90. The molecule has 33 heavy (non-hydrogen) atoms. The van der Waals surface area contributed by atoms with E-state index in [1.165, 1.54) is 70.6 Å². The SMILES string of the molecule is CCCCCCCCCCCCCCC#CCC1=[N+](CC(=O)O)CCN1C(C)OCC(=O)O. The predicted molar refractivity (Wildman–Crippen MR) is 130 cm³/mol. The minimum Gasteiger partial charge on any atom is -0.480 e. The van der Waals surface area contributed by atoms with Gasteiger partial charge < -0.3 is 14.9 Å². The van der Waals surface area contributed by atoms with Gasteiger partial charge in [0.2, 0.25) is 0 Å². The van der Waals surface area contributed by atoms with E-state index in [-0.39, 0.29) is 13.2 Å². The summed E-state index contributed by atoms with van der Waals surface area (Å²) >= 11 is 0. The van der Waals surface area contributed by atoms with Gasteiger partial charge in [0, 0.05) is 13.3 Å². The number of hydrogen-bond acceptors (Lipinski definition) is 4. The first-order valence-electron chi connectivity index (χ1n) is 12.8. The maximum absolute atomic E-state index is 11.2. The van der Waals surface area contributed by atoms with Crippen molar-refractivity contribution in [3.8, 4) is 11.8 Å². The Morgan fingerprint density at radius 1 is 0.939 bits per heavy atom. The standard InChI is InChI=1S/C26H44N2O5/c1-3-4-5-6-7-8-9-10-11-12-13-14-15-16-17-18-24-27(21-25(29)30)19-20-28(24)23(2)33-22-26(31)32/h23H,3-15,18-22H2,1-2H3,(H-,29,30,31,32)/p+1. The molecule has 0 fully saturated rings. The van der Waals surface area contributed by atoms with Crippen molar-refractivity contribution in [1.29, 1.82) is 0 Å². The van der Waals surface area contributed by atoms with Crippen molar-refractivity contribution in [3.63, 3.8) is 0 Å². The summed E-state index contributed by atoms with van der Waals surface area (Å²) in [4.78, 5) is 23.9. The molecule has 0 aromatic carbocycles. The molecule has 7 nitrogen and oxygen atoms in total. The van der Waals surface area contributed by atoms with Crippen LogP contribution in [0.1, 0.15) is 104 Å². The van der Waals surface area contributed by atoms with Gasteiger partial charge in [0.15, 0.2) is 12.8 Å². The maximum Gasteiger partial charge on any atom is 0.345 e. The lowest BCUT2D eigenvalue weighted by Gasteiger charge is -2.19. The smallest absolute Gasteiger partial charge is 0.345 e. The van der Waals surface area contributed by atoms with Gasteiger partial charge in [0.05, 0.1) is 0 Å². The zero-order chi connectivity index (χ0) is 24.3. The van der Waals surface area contributed by atoms with E-state index in [0.717, 1.165) is 18.7 Å². The van der Waals surface area contributed by atoms with Crippen molar-refractivity contribution in [2.75, 3.05) is 26.2 Å². The number of unbranched alkanes of at least 4 members (excludes halogenated alkanes) is 12. The van der Waals surface area contributed by atoms with Gasteiger partial charge in [-0.1, -0.05) is 83.5 Å². The van der Waals surface area contributed by atoms with Crippen LogP contribution in [0.4, 0.5) is 0 Å². The third kappa shape index (κ3) is 13.9. The fraction of sp³-hybridized carbons (Fsp3) is 0.808. The van der Waals surface area contributed by atoms with Gasteiger partial charge in [0.1, 0.15) is 26.1 Å².